The molecule has 0 radical (unpaired) electrons. The van der Waals surface area contributed by atoms with Crippen LogP contribution in [0.2, 0.25) is 0 Å². The summed E-state index contributed by atoms with van der Waals surface area (Å²) >= 11 is 0. The third kappa shape index (κ3) is 1.03. The van der Waals surface area contributed by atoms with Gasteiger partial charge in [-0.2, -0.15) is 8.42 Å². The molecule has 54 valence electrons. The molecular formula is C3H3N3O3S. The molecule has 0 aromatic carbocycles. The lowest BCUT2D eigenvalue weighted by Crippen LogP contribution is -2.13. The predicted molar refractivity (Wildman–Crippen MR) is 31.1 cm³/mol. The van der Waals surface area contributed by atoms with Crippen LogP contribution in [0.15, 0.2) is 12.4 Å². The fraction of sp³-hybridized carbons (Fsp3) is 0. The summed E-state index contributed by atoms with van der Waals surface area (Å²) in [5.74, 6) is 0. The molecule has 1 aromatic heterocycles. The second-order valence-electron chi connectivity index (χ2n) is 1.42. The SMILES string of the molecule is O=CS(=O)(=O)n1ccnn1. The fourth-order valence-electron chi connectivity index (χ4n) is 0.377. The third-order valence-corrected chi connectivity index (χ3v) is 1.74. The Kier molecular flexibility index (Phi) is 1.50. The lowest BCUT2D eigenvalue weighted by atomic mass is 11.0. The van der Waals surface area contributed by atoms with Gasteiger partial charge in [0.05, 0.1) is 12.4 Å². The van der Waals surface area contributed by atoms with Crippen LogP contribution < -0.4 is 0 Å². The molecule has 0 aliphatic heterocycles. The van der Waals surface area contributed by atoms with E-state index in [-0.39, 0.29) is 5.62 Å². The van der Waals surface area contributed by atoms with Gasteiger partial charge in [0.25, 0.3) is 5.62 Å². The van der Waals surface area contributed by atoms with Crippen LogP contribution in [0.4, 0.5) is 0 Å². The van der Waals surface area contributed by atoms with Gasteiger partial charge in [0.15, 0.2) is 0 Å². The molecule has 0 N–H and O–H groups in total. The molecular weight excluding hydrogens is 158 g/mol. The summed E-state index contributed by atoms with van der Waals surface area (Å²) < 4.78 is 21.6. The zero-order chi connectivity index (χ0) is 7.61. The van der Waals surface area contributed by atoms with Crippen molar-refractivity contribution < 1.29 is 13.2 Å². The Morgan fingerprint density at radius 3 is 2.60 bits per heavy atom. The van der Waals surface area contributed by atoms with Gasteiger partial charge in [-0.25, -0.2) is 0 Å². The maximum atomic E-state index is 10.6. The first-order valence-corrected chi connectivity index (χ1v) is 3.74. The van der Waals surface area contributed by atoms with Crippen LogP contribution in [0.1, 0.15) is 0 Å². The van der Waals surface area contributed by atoms with Crippen LogP contribution in [0, 0.1) is 0 Å². The highest BCUT2D eigenvalue weighted by Gasteiger charge is 2.10. The molecule has 0 spiro atoms. The maximum Gasteiger partial charge on any atom is 0.315 e. The Balaban J connectivity index is 3.22. The van der Waals surface area contributed by atoms with Crippen LogP contribution in [0.5, 0.6) is 0 Å². The van der Waals surface area contributed by atoms with E-state index in [1.54, 1.807) is 0 Å². The van der Waals surface area contributed by atoms with E-state index in [0.29, 0.717) is 4.09 Å². The summed E-state index contributed by atoms with van der Waals surface area (Å²) in [6.07, 6.45) is 2.24. The fourth-order valence-corrected chi connectivity index (χ4v) is 0.833. The second kappa shape index (κ2) is 2.18. The van der Waals surface area contributed by atoms with Crippen LogP contribution in [-0.2, 0) is 14.8 Å². The number of carbonyl (C=O) groups excluding carboxylic acids is 1. The Morgan fingerprint density at radius 2 is 2.20 bits per heavy atom. The number of carbonyl (C=O) groups is 1. The first-order valence-electron chi connectivity index (χ1n) is 2.24. The highest BCUT2D eigenvalue weighted by Crippen LogP contribution is 1.86. The number of aromatic nitrogens is 3. The smallest absolute Gasteiger partial charge is 0.283 e. The van der Waals surface area contributed by atoms with Gasteiger partial charge in [-0.1, -0.05) is 5.21 Å². The maximum absolute atomic E-state index is 10.6. The highest BCUT2D eigenvalue weighted by molar-refractivity contribution is 8.02. The van der Waals surface area contributed by atoms with Crippen LogP contribution in [0.25, 0.3) is 0 Å². The van der Waals surface area contributed by atoms with Gasteiger partial charge >= 0.3 is 10.0 Å². The minimum atomic E-state index is -3.89. The van der Waals surface area contributed by atoms with E-state index in [4.69, 9.17) is 0 Å². The Bertz CT molecular complexity index is 313. The first-order chi connectivity index (χ1) is 4.67. The van der Waals surface area contributed by atoms with Crippen molar-refractivity contribution in [2.75, 3.05) is 0 Å². The lowest BCUT2D eigenvalue weighted by Gasteiger charge is -1.89. The standard InChI is InChI=1S/C3H3N3O3S/c7-3-10(8,9)6-2-1-4-5-6/h1-3H. The summed E-state index contributed by atoms with van der Waals surface area (Å²) in [4.78, 5) is 9.85. The zero-order valence-electron chi connectivity index (χ0n) is 4.71. The van der Waals surface area contributed by atoms with Gasteiger partial charge < -0.3 is 0 Å². The molecule has 7 heteroatoms. The van der Waals surface area contributed by atoms with Gasteiger partial charge in [0.1, 0.15) is 0 Å². The summed E-state index contributed by atoms with van der Waals surface area (Å²) in [5, 5.41) is 6.32. The molecule has 10 heavy (non-hydrogen) atoms. The van der Waals surface area contributed by atoms with Gasteiger partial charge in [0, 0.05) is 0 Å². The molecule has 0 aliphatic rings. The minimum Gasteiger partial charge on any atom is -0.283 e. The molecule has 0 aliphatic carbocycles. The number of hydrogen-bond acceptors (Lipinski definition) is 5. The average Bonchev–Trinajstić information content (AvgIpc) is 2.38. The largest absolute Gasteiger partial charge is 0.315 e. The number of nitrogens with zero attached hydrogens (tertiary/aromatic N) is 3. The minimum absolute atomic E-state index is 0.193. The Morgan fingerprint density at radius 1 is 1.50 bits per heavy atom. The Labute approximate surface area is 56.5 Å². The van der Waals surface area contributed by atoms with Gasteiger partial charge in [0.2, 0.25) is 0 Å². The molecule has 1 aromatic rings. The quantitative estimate of drug-likeness (QED) is 0.500. The zero-order valence-corrected chi connectivity index (χ0v) is 5.52. The third-order valence-electron chi connectivity index (χ3n) is 0.783. The van der Waals surface area contributed by atoms with E-state index in [1.165, 1.54) is 6.20 Å². The summed E-state index contributed by atoms with van der Waals surface area (Å²) in [6, 6.07) is 0. The van der Waals surface area contributed by atoms with Gasteiger partial charge in [-0.05, 0) is 0 Å². The Hall–Kier alpha value is -1.24. The van der Waals surface area contributed by atoms with Gasteiger partial charge in [-0.15, -0.1) is 9.19 Å². The second-order valence-corrected chi connectivity index (χ2v) is 3.01. The van der Waals surface area contributed by atoms with Crippen molar-refractivity contribution >= 4 is 15.6 Å². The molecule has 1 rings (SSSR count). The van der Waals surface area contributed by atoms with Crippen molar-refractivity contribution in [3.63, 3.8) is 0 Å². The van der Waals surface area contributed by atoms with Crippen molar-refractivity contribution in [3.05, 3.63) is 12.4 Å². The molecule has 0 atom stereocenters. The topological polar surface area (TPSA) is 81.9 Å². The molecule has 0 amide bonds. The van der Waals surface area contributed by atoms with E-state index in [9.17, 15) is 13.2 Å². The van der Waals surface area contributed by atoms with Crippen molar-refractivity contribution in [2.24, 2.45) is 0 Å². The van der Waals surface area contributed by atoms with E-state index < -0.39 is 10.0 Å². The van der Waals surface area contributed by atoms with Crippen molar-refractivity contribution in [1.82, 2.24) is 14.4 Å². The monoisotopic (exact) mass is 161 g/mol. The molecule has 6 nitrogen and oxygen atoms in total. The summed E-state index contributed by atoms with van der Waals surface area (Å²) in [5.41, 5.74) is -0.193. The van der Waals surface area contributed by atoms with Crippen LogP contribution in [0.3, 0.4) is 0 Å². The highest BCUT2D eigenvalue weighted by atomic mass is 32.2. The van der Waals surface area contributed by atoms with E-state index in [0.717, 1.165) is 6.20 Å². The van der Waals surface area contributed by atoms with Gasteiger partial charge in [-0.3, -0.25) is 4.79 Å². The van der Waals surface area contributed by atoms with Crippen molar-refractivity contribution in [3.8, 4) is 0 Å². The first kappa shape index (κ1) is 6.87. The molecule has 0 bridgehead atoms. The molecule has 0 unspecified atom stereocenters. The predicted octanol–water partition coefficient (Wildman–Crippen LogP) is -1.35. The normalized spacial score (nSPS) is 11.2. The van der Waals surface area contributed by atoms with Crippen molar-refractivity contribution in [2.45, 2.75) is 0 Å². The van der Waals surface area contributed by atoms with E-state index >= 15 is 0 Å². The molecule has 0 saturated carbocycles. The number of hydrogen-bond donors (Lipinski definition) is 0. The molecule has 0 saturated heterocycles. The van der Waals surface area contributed by atoms with Crippen molar-refractivity contribution in [1.29, 1.82) is 0 Å². The summed E-state index contributed by atoms with van der Waals surface area (Å²) in [7, 11) is -3.89. The molecule has 0 fully saturated rings. The average molecular weight is 161 g/mol. The number of rotatable bonds is 2. The van der Waals surface area contributed by atoms with Crippen LogP contribution >= 0.6 is 0 Å². The molecule has 1 heterocycles. The van der Waals surface area contributed by atoms with E-state index in [2.05, 4.69) is 10.3 Å². The van der Waals surface area contributed by atoms with E-state index in [1.807, 2.05) is 0 Å². The lowest BCUT2D eigenvalue weighted by molar-refractivity contribution is 0.550. The summed E-state index contributed by atoms with van der Waals surface area (Å²) in [6.45, 7) is 0. The van der Waals surface area contributed by atoms with Crippen LogP contribution in [-0.4, -0.2) is 28.4 Å².